The summed E-state index contributed by atoms with van der Waals surface area (Å²) in [5, 5.41) is 20.0. The maximum Gasteiger partial charge on any atom is 0.340 e. The van der Waals surface area contributed by atoms with E-state index in [0.717, 1.165) is 19.2 Å². The lowest BCUT2D eigenvalue weighted by atomic mass is 10.1. The number of rotatable bonds is 4. The van der Waals surface area contributed by atoms with E-state index in [1.165, 1.54) is 13.8 Å². The number of aliphatic hydroxyl groups is 2. The third kappa shape index (κ3) is 3.45. The van der Waals surface area contributed by atoms with Crippen LogP contribution < -0.4 is 11.2 Å². The van der Waals surface area contributed by atoms with Crippen LogP contribution in [0.25, 0.3) is 0 Å². The van der Waals surface area contributed by atoms with Gasteiger partial charge in [0.15, 0.2) is 12.8 Å². The van der Waals surface area contributed by atoms with Gasteiger partial charge >= 0.3 is 11.7 Å². The number of halogens is 1. The first-order valence-corrected chi connectivity index (χ1v) is 7.74. The van der Waals surface area contributed by atoms with Crippen molar-refractivity contribution in [2.45, 2.75) is 45.1 Å². The number of hydrogen-bond donors (Lipinski definition) is 2. The van der Waals surface area contributed by atoms with Crippen LogP contribution in [0.4, 0.5) is 4.39 Å². The van der Waals surface area contributed by atoms with Gasteiger partial charge in [0.1, 0.15) is 12.2 Å². The molecule has 144 valence electrons. The second-order valence-electron chi connectivity index (χ2n) is 6.19. The molecule has 2 rings (SSSR count). The highest BCUT2D eigenvalue weighted by Crippen LogP contribution is 2.38. The summed E-state index contributed by atoms with van der Waals surface area (Å²) in [6.45, 7) is 2.99. The number of aliphatic hydroxyl groups excluding tert-OH is 2. The normalized spacial score (nSPS) is 28.3. The van der Waals surface area contributed by atoms with Crippen LogP contribution in [0.3, 0.4) is 0 Å². The van der Waals surface area contributed by atoms with Crippen LogP contribution in [-0.2, 0) is 14.3 Å². The summed E-state index contributed by atoms with van der Waals surface area (Å²) in [7, 11) is 0. The standard InChI is InChI=1S/C15H19FN2O8/c1-7(2)13(23)25-6-15(16)11(22)10(21)12(26-15)17-5-4-9(20)18(8(3)19)14(17)24/h4-5,7,10-12,21-22H,6H2,1-3H3/t10-,11+,12-,15-/m1/s1. The van der Waals surface area contributed by atoms with E-state index in [4.69, 9.17) is 9.47 Å². The number of carbonyl (C=O) groups excluding carboxylic acids is 2. The number of ether oxygens (including phenoxy) is 2. The molecule has 26 heavy (non-hydrogen) atoms. The number of aromatic nitrogens is 2. The molecule has 10 nitrogen and oxygen atoms in total. The second kappa shape index (κ2) is 7.09. The molecule has 1 aromatic rings. The van der Waals surface area contributed by atoms with E-state index in [2.05, 4.69) is 0 Å². The molecule has 1 aromatic heterocycles. The maximum atomic E-state index is 14.8. The quantitative estimate of drug-likeness (QED) is 0.626. The minimum absolute atomic E-state index is 0.263. The Morgan fingerprint density at radius 2 is 2.00 bits per heavy atom. The van der Waals surface area contributed by atoms with Crippen molar-refractivity contribution in [3.63, 3.8) is 0 Å². The number of hydrogen-bond acceptors (Lipinski definition) is 8. The highest BCUT2D eigenvalue weighted by molar-refractivity contribution is 5.75. The SMILES string of the molecule is CC(=O)n1c(=O)ccn([C@@H]2O[C@](F)(COC(=O)C(C)C)[C@@H](O)[C@H]2O)c1=O. The molecule has 0 spiro atoms. The third-order valence-electron chi connectivity index (χ3n) is 3.86. The molecule has 0 unspecified atom stereocenters. The first-order chi connectivity index (χ1) is 12.0. The Balaban J connectivity index is 2.34. The summed E-state index contributed by atoms with van der Waals surface area (Å²) >= 11 is 0. The van der Waals surface area contributed by atoms with Crippen molar-refractivity contribution in [1.82, 2.24) is 9.13 Å². The van der Waals surface area contributed by atoms with E-state index in [1.54, 1.807) is 0 Å². The van der Waals surface area contributed by atoms with Crippen molar-refractivity contribution >= 4 is 11.9 Å². The number of nitrogens with zero attached hydrogens (tertiary/aromatic N) is 2. The second-order valence-corrected chi connectivity index (χ2v) is 6.19. The van der Waals surface area contributed by atoms with Crippen molar-refractivity contribution in [2.75, 3.05) is 6.61 Å². The molecule has 1 aliphatic heterocycles. The third-order valence-corrected chi connectivity index (χ3v) is 3.86. The molecule has 0 aromatic carbocycles. The molecule has 1 fully saturated rings. The molecule has 0 bridgehead atoms. The van der Waals surface area contributed by atoms with E-state index in [1.807, 2.05) is 0 Å². The minimum atomic E-state index is -2.98. The largest absolute Gasteiger partial charge is 0.459 e. The lowest BCUT2D eigenvalue weighted by molar-refractivity contribution is -0.218. The highest BCUT2D eigenvalue weighted by atomic mass is 19.2. The van der Waals surface area contributed by atoms with Gasteiger partial charge < -0.3 is 19.7 Å². The van der Waals surface area contributed by atoms with Gasteiger partial charge in [-0.15, -0.1) is 0 Å². The zero-order valence-electron chi connectivity index (χ0n) is 14.3. The van der Waals surface area contributed by atoms with Crippen LogP contribution in [0.2, 0.25) is 0 Å². The van der Waals surface area contributed by atoms with Crippen LogP contribution in [0.5, 0.6) is 0 Å². The maximum absolute atomic E-state index is 14.8. The fraction of sp³-hybridized carbons (Fsp3) is 0.600. The van der Waals surface area contributed by atoms with Gasteiger partial charge in [-0.2, -0.15) is 4.57 Å². The van der Waals surface area contributed by atoms with E-state index in [-0.39, 0.29) is 4.57 Å². The summed E-state index contributed by atoms with van der Waals surface area (Å²) in [5.74, 6) is -5.18. The molecule has 0 radical (unpaired) electrons. The van der Waals surface area contributed by atoms with E-state index < -0.39 is 59.9 Å². The molecular weight excluding hydrogens is 355 g/mol. The van der Waals surface area contributed by atoms with Crippen molar-refractivity contribution in [1.29, 1.82) is 0 Å². The van der Waals surface area contributed by atoms with Gasteiger partial charge in [-0.1, -0.05) is 13.8 Å². The zero-order valence-corrected chi connectivity index (χ0v) is 14.3. The lowest BCUT2D eigenvalue weighted by Gasteiger charge is -2.23. The summed E-state index contributed by atoms with van der Waals surface area (Å²) in [6.07, 6.45) is -4.91. The Bertz CT molecular complexity index is 832. The smallest absolute Gasteiger partial charge is 0.340 e. The minimum Gasteiger partial charge on any atom is -0.459 e. The fourth-order valence-corrected chi connectivity index (χ4v) is 2.40. The molecule has 1 aliphatic rings. The van der Waals surface area contributed by atoms with E-state index >= 15 is 0 Å². The summed E-state index contributed by atoms with van der Waals surface area (Å²) < 4.78 is 25.3. The molecule has 0 aliphatic carbocycles. The molecule has 11 heteroatoms. The first kappa shape index (κ1) is 19.9. The molecule has 2 N–H and O–H groups in total. The number of esters is 1. The monoisotopic (exact) mass is 374 g/mol. The van der Waals surface area contributed by atoms with Crippen LogP contribution in [0.1, 0.15) is 31.8 Å². The summed E-state index contributed by atoms with van der Waals surface area (Å²) in [4.78, 5) is 46.8. The van der Waals surface area contributed by atoms with E-state index in [0.29, 0.717) is 4.57 Å². The van der Waals surface area contributed by atoms with Gasteiger partial charge in [0.25, 0.3) is 11.4 Å². The van der Waals surface area contributed by atoms with Crippen molar-refractivity contribution in [2.24, 2.45) is 5.92 Å². The van der Waals surface area contributed by atoms with Gasteiger partial charge in [0.05, 0.1) is 5.92 Å². The Hall–Kier alpha value is -2.37. The molecule has 0 amide bonds. The van der Waals surface area contributed by atoms with Gasteiger partial charge in [0.2, 0.25) is 5.91 Å². The lowest BCUT2D eigenvalue weighted by Crippen LogP contribution is -2.45. The molecule has 0 saturated carbocycles. The highest BCUT2D eigenvalue weighted by Gasteiger charge is 2.57. The van der Waals surface area contributed by atoms with Crippen molar-refractivity contribution < 1.29 is 33.7 Å². The molecule has 2 heterocycles. The fourth-order valence-electron chi connectivity index (χ4n) is 2.40. The topological polar surface area (TPSA) is 137 Å². The number of alkyl halides is 1. The van der Waals surface area contributed by atoms with Gasteiger partial charge in [-0.3, -0.25) is 19.0 Å². The zero-order chi connectivity index (χ0) is 19.8. The van der Waals surface area contributed by atoms with E-state index in [9.17, 15) is 33.8 Å². The molecule has 4 atom stereocenters. The van der Waals surface area contributed by atoms with Crippen LogP contribution >= 0.6 is 0 Å². The number of carbonyl (C=O) groups is 2. The van der Waals surface area contributed by atoms with Crippen LogP contribution in [0, 0.1) is 5.92 Å². The average molecular weight is 374 g/mol. The summed E-state index contributed by atoms with van der Waals surface area (Å²) in [6, 6.07) is 0.849. The Labute approximate surface area is 146 Å². The van der Waals surface area contributed by atoms with Crippen LogP contribution in [-0.4, -0.2) is 55.9 Å². The van der Waals surface area contributed by atoms with Gasteiger partial charge in [-0.05, 0) is 0 Å². The first-order valence-electron chi connectivity index (χ1n) is 7.74. The van der Waals surface area contributed by atoms with Crippen LogP contribution in [0.15, 0.2) is 21.9 Å². The van der Waals surface area contributed by atoms with Crippen molar-refractivity contribution in [3.8, 4) is 0 Å². The predicted molar refractivity (Wildman–Crippen MR) is 83.0 cm³/mol. The van der Waals surface area contributed by atoms with Crippen molar-refractivity contribution in [3.05, 3.63) is 33.1 Å². The predicted octanol–water partition coefficient (Wildman–Crippen LogP) is -1.21. The summed E-state index contributed by atoms with van der Waals surface area (Å²) in [5.41, 5.74) is -2.09. The average Bonchev–Trinajstić information content (AvgIpc) is 2.77. The van der Waals surface area contributed by atoms with Gasteiger partial charge in [0, 0.05) is 19.2 Å². The Morgan fingerprint density at radius 1 is 1.38 bits per heavy atom. The Morgan fingerprint density at radius 3 is 2.54 bits per heavy atom. The molecule has 1 saturated heterocycles. The Kier molecular flexibility index (Phi) is 5.44. The van der Waals surface area contributed by atoms with Gasteiger partial charge in [-0.25, -0.2) is 9.18 Å². The molecular formula is C15H19FN2O8.